The first-order valence-corrected chi connectivity index (χ1v) is 12.5. The zero-order chi connectivity index (χ0) is 23.9. The summed E-state index contributed by atoms with van der Waals surface area (Å²) in [4.78, 5) is 28.9. The molecule has 2 N–H and O–H groups in total. The van der Waals surface area contributed by atoms with E-state index in [0.717, 1.165) is 42.3 Å². The lowest BCUT2D eigenvalue weighted by molar-refractivity contribution is -0.114. The lowest BCUT2D eigenvalue weighted by Crippen LogP contribution is -2.33. The van der Waals surface area contributed by atoms with Gasteiger partial charge in [0.1, 0.15) is 0 Å². The molecular weight excluding hydrogens is 442 g/mol. The zero-order valence-corrected chi connectivity index (χ0v) is 20.6. The van der Waals surface area contributed by atoms with Gasteiger partial charge >= 0.3 is 0 Å². The third kappa shape index (κ3) is 6.49. The summed E-state index contributed by atoms with van der Waals surface area (Å²) < 4.78 is 0. The van der Waals surface area contributed by atoms with Gasteiger partial charge in [-0.3, -0.25) is 14.5 Å². The number of anilines is 1. The van der Waals surface area contributed by atoms with Crippen LogP contribution in [-0.2, 0) is 17.8 Å². The highest BCUT2D eigenvalue weighted by atomic mass is 32.2. The van der Waals surface area contributed by atoms with E-state index in [9.17, 15) is 9.59 Å². The van der Waals surface area contributed by atoms with Gasteiger partial charge in [-0.2, -0.15) is 0 Å². The second-order valence-corrected chi connectivity index (χ2v) is 9.83. The lowest BCUT2D eigenvalue weighted by Gasteiger charge is -2.28. The predicted octanol–water partition coefficient (Wildman–Crippen LogP) is 5.28. The van der Waals surface area contributed by atoms with Gasteiger partial charge in [0.15, 0.2) is 0 Å². The Balaban J connectivity index is 1.32. The SMILES string of the molecule is CC(=O)Nc1cc(C(=O)NCCCN2CCc3ccccc3C2)ccc1Sc1ccc(C)cc1. The molecule has 3 aromatic carbocycles. The number of nitrogens with one attached hydrogen (secondary N) is 2. The van der Waals surface area contributed by atoms with Crippen molar-refractivity contribution in [2.24, 2.45) is 0 Å². The Labute approximate surface area is 205 Å². The molecule has 0 saturated carbocycles. The zero-order valence-electron chi connectivity index (χ0n) is 19.8. The van der Waals surface area contributed by atoms with Gasteiger partial charge in [0, 0.05) is 48.5 Å². The fourth-order valence-corrected chi connectivity index (χ4v) is 5.01. The van der Waals surface area contributed by atoms with Crippen molar-refractivity contribution in [2.45, 2.75) is 43.0 Å². The third-order valence-corrected chi connectivity index (χ3v) is 7.03. The summed E-state index contributed by atoms with van der Waals surface area (Å²) >= 11 is 1.57. The first kappa shape index (κ1) is 24.0. The molecule has 1 heterocycles. The van der Waals surface area contributed by atoms with Crippen LogP contribution in [0.3, 0.4) is 0 Å². The average molecular weight is 474 g/mol. The Morgan fingerprint density at radius 1 is 1.00 bits per heavy atom. The summed E-state index contributed by atoms with van der Waals surface area (Å²) in [5, 5.41) is 5.90. The predicted molar refractivity (Wildman–Crippen MR) is 138 cm³/mol. The molecule has 0 fully saturated rings. The first-order chi connectivity index (χ1) is 16.5. The van der Waals surface area contributed by atoms with Crippen LogP contribution in [0.4, 0.5) is 5.69 Å². The minimum absolute atomic E-state index is 0.123. The Morgan fingerprint density at radius 3 is 2.53 bits per heavy atom. The van der Waals surface area contributed by atoms with Crippen LogP contribution in [0.1, 0.15) is 40.4 Å². The third-order valence-electron chi connectivity index (χ3n) is 5.95. The largest absolute Gasteiger partial charge is 0.352 e. The second-order valence-electron chi connectivity index (χ2n) is 8.71. The number of benzene rings is 3. The van der Waals surface area contributed by atoms with Crippen molar-refractivity contribution in [2.75, 3.05) is 25.0 Å². The molecule has 3 aromatic rings. The van der Waals surface area contributed by atoms with Gasteiger partial charge in [0.2, 0.25) is 5.91 Å². The van der Waals surface area contributed by atoms with E-state index in [1.54, 1.807) is 17.8 Å². The van der Waals surface area contributed by atoms with Gasteiger partial charge in [0.25, 0.3) is 5.91 Å². The van der Waals surface area contributed by atoms with E-state index >= 15 is 0 Å². The van der Waals surface area contributed by atoms with Crippen LogP contribution in [0.25, 0.3) is 0 Å². The number of hydrogen-bond donors (Lipinski definition) is 2. The van der Waals surface area contributed by atoms with E-state index in [-0.39, 0.29) is 11.8 Å². The van der Waals surface area contributed by atoms with Crippen LogP contribution in [0, 0.1) is 6.92 Å². The summed E-state index contributed by atoms with van der Waals surface area (Å²) in [5.74, 6) is -0.283. The van der Waals surface area contributed by atoms with E-state index in [0.29, 0.717) is 17.8 Å². The molecule has 2 amide bonds. The van der Waals surface area contributed by atoms with Gasteiger partial charge in [-0.05, 0) is 61.2 Å². The fourth-order valence-electron chi connectivity index (χ4n) is 4.13. The average Bonchev–Trinajstić information content (AvgIpc) is 2.83. The highest BCUT2D eigenvalue weighted by Crippen LogP contribution is 2.34. The van der Waals surface area contributed by atoms with Gasteiger partial charge in [-0.15, -0.1) is 0 Å². The maximum atomic E-state index is 12.8. The van der Waals surface area contributed by atoms with Crippen LogP contribution in [0.2, 0.25) is 0 Å². The van der Waals surface area contributed by atoms with Crippen molar-refractivity contribution >= 4 is 29.3 Å². The molecule has 6 heteroatoms. The van der Waals surface area contributed by atoms with Crippen LogP contribution in [0.5, 0.6) is 0 Å². The van der Waals surface area contributed by atoms with E-state index in [1.165, 1.54) is 23.6 Å². The van der Waals surface area contributed by atoms with Crippen LogP contribution < -0.4 is 10.6 Å². The minimum Gasteiger partial charge on any atom is -0.352 e. The molecule has 0 aliphatic carbocycles. The summed E-state index contributed by atoms with van der Waals surface area (Å²) in [6, 6.07) is 22.3. The maximum Gasteiger partial charge on any atom is 0.251 e. The molecule has 0 saturated heterocycles. The van der Waals surface area contributed by atoms with Gasteiger partial charge in [0.05, 0.1) is 5.69 Å². The molecule has 0 radical (unpaired) electrons. The molecular formula is C28H31N3O2S. The molecule has 0 aromatic heterocycles. The van der Waals surface area contributed by atoms with Crippen LogP contribution in [0.15, 0.2) is 76.5 Å². The van der Waals surface area contributed by atoms with Crippen LogP contribution >= 0.6 is 11.8 Å². The van der Waals surface area contributed by atoms with E-state index in [1.807, 2.05) is 12.1 Å². The molecule has 0 bridgehead atoms. The quantitative estimate of drug-likeness (QED) is 0.437. The lowest BCUT2D eigenvalue weighted by atomic mass is 10.00. The molecule has 176 valence electrons. The van der Waals surface area contributed by atoms with Crippen molar-refractivity contribution in [3.05, 3.63) is 89.0 Å². The first-order valence-electron chi connectivity index (χ1n) is 11.7. The van der Waals surface area contributed by atoms with Crippen molar-refractivity contribution in [1.29, 1.82) is 0 Å². The van der Waals surface area contributed by atoms with Crippen molar-refractivity contribution in [3.63, 3.8) is 0 Å². The number of hydrogen-bond acceptors (Lipinski definition) is 4. The van der Waals surface area contributed by atoms with Gasteiger partial charge < -0.3 is 10.6 Å². The minimum atomic E-state index is -0.161. The summed E-state index contributed by atoms with van der Waals surface area (Å²) in [6.45, 7) is 7.14. The van der Waals surface area contributed by atoms with Crippen molar-refractivity contribution in [3.8, 4) is 0 Å². The number of aryl methyl sites for hydroxylation is 1. The standard InChI is InChI=1S/C28H31N3O2S/c1-20-8-11-25(12-9-20)34-27-13-10-23(18-26(27)30-21(2)32)28(33)29-15-5-16-31-17-14-22-6-3-4-7-24(22)19-31/h3-4,6-13,18H,5,14-17,19H2,1-2H3,(H,29,33)(H,30,32). The summed E-state index contributed by atoms with van der Waals surface area (Å²) in [5.41, 5.74) is 5.25. The van der Waals surface area contributed by atoms with E-state index in [4.69, 9.17) is 0 Å². The van der Waals surface area contributed by atoms with Crippen LogP contribution in [-0.4, -0.2) is 36.3 Å². The molecule has 5 nitrogen and oxygen atoms in total. The van der Waals surface area contributed by atoms with Gasteiger partial charge in [-0.1, -0.05) is 53.7 Å². The van der Waals surface area contributed by atoms with Crippen molar-refractivity contribution in [1.82, 2.24) is 10.2 Å². The normalized spacial score (nSPS) is 13.2. The molecule has 34 heavy (non-hydrogen) atoms. The number of rotatable bonds is 8. The maximum absolute atomic E-state index is 12.8. The molecule has 0 unspecified atom stereocenters. The fraction of sp³-hybridized carbons (Fsp3) is 0.286. The Bertz CT molecular complexity index is 1160. The summed E-state index contributed by atoms with van der Waals surface area (Å²) in [7, 11) is 0. The summed E-state index contributed by atoms with van der Waals surface area (Å²) in [6.07, 6.45) is 1.98. The monoisotopic (exact) mass is 473 g/mol. The Kier molecular flexibility index (Phi) is 8.03. The molecule has 0 atom stereocenters. The number of carbonyl (C=O) groups excluding carboxylic acids is 2. The van der Waals surface area contributed by atoms with Gasteiger partial charge in [-0.25, -0.2) is 0 Å². The highest BCUT2D eigenvalue weighted by Gasteiger charge is 2.16. The Hall–Kier alpha value is -3.09. The highest BCUT2D eigenvalue weighted by molar-refractivity contribution is 7.99. The number of fused-ring (bicyclic) bond motifs is 1. The molecule has 4 rings (SSSR count). The molecule has 1 aliphatic rings. The van der Waals surface area contributed by atoms with E-state index < -0.39 is 0 Å². The topological polar surface area (TPSA) is 61.4 Å². The van der Waals surface area contributed by atoms with E-state index in [2.05, 4.69) is 71.0 Å². The number of amides is 2. The smallest absolute Gasteiger partial charge is 0.251 e. The van der Waals surface area contributed by atoms with Crippen molar-refractivity contribution < 1.29 is 9.59 Å². The Morgan fingerprint density at radius 2 is 1.76 bits per heavy atom. The molecule has 1 aliphatic heterocycles. The number of carbonyl (C=O) groups is 2. The molecule has 0 spiro atoms. The second kappa shape index (κ2) is 11.4. The number of nitrogens with zero attached hydrogens (tertiary/aromatic N) is 1.